The molecule has 0 amide bonds. The molecule has 0 saturated carbocycles. The van der Waals surface area contributed by atoms with E-state index in [9.17, 15) is 14.4 Å². The number of ketones is 1. The Hall–Kier alpha value is -3.59. The molecule has 3 atom stereocenters. The van der Waals surface area contributed by atoms with E-state index in [0.717, 1.165) is 4.88 Å². The van der Waals surface area contributed by atoms with Crippen molar-refractivity contribution < 1.29 is 33.3 Å². The number of rotatable bonds is 4. The van der Waals surface area contributed by atoms with Crippen LogP contribution in [0.2, 0.25) is 0 Å². The molecule has 0 radical (unpaired) electrons. The third-order valence-electron chi connectivity index (χ3n) is 6.52. The van der Waals surface area contributed by atoms with Crippen molar-refractivity contribution in [2.75, 3.05) is 21.0 Å². The van der Waals surface area contributed by atoms with Crippen LogP contribution in [0.3, 0.4) is 0 Å². The summed E-state index contributed by atoms with van der Waals surface area (Å²) in [5, 5.41) is 5.19. The number of hydrogen-bond acceptors (Lipinski definition) is 9. The monoisotopic (exact) mass is 481 g/mol. The maximum Gasteiger partial charge on any atom is 0.336 e. The van der Waals surface area contributed by atoms with E-state index in [-0.39, 0.29) is 18.5 Å². The van der Waals surface area contributed by atoms with Crippen LogP contribution in [-0.2, 0) is 23.9 Å². The van der Waals surface area contributed by atoms with Crippen LogP contribution in [-0.4, -0.2) is 38.7 Å². The first-order valence-electron chi connectivity index (χ1n) is 10.8. The van der Waals surface area contributed by atoms with Crippen molar-refractivity contribution in [1.82, 2.24) is 5.32 Å². The Bertz CT molecular complexity index is 1240. The lowest BCUT2D eigenvalue weighted by molar-refractivity contribution is -0.149. The zero-order chi connectivity index (χ0) is 24.0. The number of esters is 2. The molecular formula is C25H23NO7S. The minimum atomic E-state index is -1.02. The molecule has 3 heterocycles. The quantitative estimate of drug-likeness (QED) is 0.524. The molecule has 3 unspecified atom stereocenters. The Balaban J connectivity index is 1.68. The van der Waals surface area contributed by atoms with Crippen LogP contribution in [0.4, 0.5) is 0 Å². The first kappa shape index (κ1) is 22.2. The van der Waals surface area contributed by atoms with E-state index in [0.29, 0.717) is 46.0 Å². The van der Waals surface area contributed by atoms with E-state index in [1.165, 1.54) is 25.6 Å². The first-order chi connectivity index (χ1) is 16.4. The SMILES string of the molecule is COC(=O)C1=C(C)NC2=C(C(=O)C(C(=O)OC)C(c3cccs3)C2)C1c1ccc2c(c1)OCO2. The number of carbonyl (C=O) groups is 3. The number of benzene rings is 1. The number of nitrogens with one attached hydrogen (secondary N) is 1. The van der Waals surface area contributed by atoms with Gasteiger partial charge in [-0.1, -0.05) is 12.1 Å². The molecule has 5 rings (SSSR count). The fourth-order valence-corrected chi connectivity index (χ4v) is 5.87. The molecule has 176 valence electrons. The third-order valence-corrected chi connectivity index (χ3v) is 7.52. The summed E-state index contributed by atoms with van der Waals surface area (Å²) in [4.78, 5) is 40.7. The Morgan fingerprint density at radius 2 is 1.91 bits per heavy atom. The molecule has 3 aliphatic rings. The molecule has 2 aliphatic heterocycles. The predicted molar refractivity (Wildman–Crippen MR) is 122 cm³/mol. The van der Waals surface area contributed by atoms with Gasteiger partial charge in [-0.05, 0) is 42.5 Å². The lowest BCUT2D eigenvalue weighted by Gasteiger charge is -2.39. The van der Waals surface area contributed by atoms with Gasteiger partial charge in [-0.15, -0.1) is 11.3 Å². The maximum atomic E-state index is 14.0. The number of carbonyl (C=O) groups excluding carboxylic acids is 3. The van der Waals surface area contributed by atoms with Gasteiger partial charge < -0.3 is 24.3 Å². The van der Waals surface area contributed by atoms with Crippen LogP contribution in [0.5, 0.6) is 11.5 Å². The smallest absolute Gasteiger partial charge is 0.336 e. The van der Waals surface area contributed by atoms with Crippen molar-refractivity contribution in [3.05, 3.63) is 68.7 Å². The predicted octanol–water partition coefficient (Wildman–Crippen LogP) is 3.41. The van der Waals surface area contributed by atoms with Gasteiger partial charge in [0.25, 0.3) is 0 Å². The van der Waals surface area contributed by atoms with E-state index in [4.69, 9.17) is 18.9 Å². The molecule has 2 aromatic rings. The summed E-state index contributed by atoms with van der Waals surface area (Å²) in [6.45, 7) is 1.89. The van der Waals surface area contributed by atoms with E-state index in [1.54, 1.807) is 25.1 Å². The fraction of sp³-hybridized carbons (Fsp3) is 0.320. The highest BCUT2D eigenvalue weighted by Crippen LogP contribution is 2.49. The van der Waals surface area contributed by atoms with Crippen molar-refractivity contribution in [3.8, 4) is 11.5 Å². The average Bonchev–Trinajstić information content (AvgIpc) is 3.54. The lowest BCUT2D eigenvalue weighted by atomic mass is 9.68. The summed E-state index contributed by atoms with van der Waals surface area (Å²) in [6.07, 6.45) is 0.425. The normalized spacial score (nSPS) is 23.4. The maximum absolute atomic E-state index is 14.0. The first-order valence-corrected chi connectivity index (χ1v) is 11.7. The van der Waals surface area contributed by atoms with E-state index >= 15 is 0 Å². The number of fused-ring (bicyclic) bond motifs is 1. The number of ether oxygens (including phenoxy) is 4. The van der Waals surface area contributed by atoms with E-state index in [1.807, 2.05) is 17.5 Å². The van der Waals surface area contributed by atoms with Gasteiger partial charge in [0.2, 0.25) is 6.79 Å². The van der Waals surface area contributed by atoms with E-state index in [2.05, 4.69) is 5.32 Å². The zero-order valence-electron chi connectivity index (χ0n) is 18.9. The molecule has 0 bridgehead atoms. The van der Waals surface area contributed by atoms with Crippen molar-refractivity contribution in [2.45, 2.75) is 25.2 Å². The van der Waals surface area contributed by atoms with Gasteiger partial charge in [-0.3, -0.25) is 9.59 Å². The molecule has 8 nitrogen and oxygen atoms in total. The van der Waals surface area contributed by atoms with Gasteiger partial charge >= 0.3 is 11.9 Å². The molecule has 0 saturated heterocycles. The average molecular weight is 482 g/mol. The summed E-state index contributed by atoms with van der Waals surface area (Å²) in [5.74, 6) is -2.50. The number of allylic oxidation sites excluding steroid dienone is 3. The minimum Gasteiger partial charge on any atom is -0.468 e. The second-order valence-corrected chi connectivity index (χ2v) is 9.26. The van der Waals surface area contributed by atoms with Gasteiger partial charge in [-0.2, -0.15) is 0 Å². The molecule has 1 aromatic heterocycles. The van der Waals surface area contributed by atoms with Gasteiger partial charge in [0.15, 0.2) is 17.3 Å². The molecule has 34 heavy (non-hydrogen) atoms. The number of hydrogen-bond donors (Lipinski definition) is 1. The summed E-state index contributed by atoms with van der Waals surface area (Å²) in [5.41, 5.74) is 2.64. The van der Waals surface area contributed by atoms with Gasteiger partial charge in [0, 0.05) is 33.7 Å². The number of methoxy groups -OCH3 is 2. The Morgan fingerprint density at radius 3 is 2.62 bits per heavy atom. The van der Waals surface area contributed by atoms with Crippen LogP contribution < -0.4 is 14.8 Å². The summed E-state index contributed by atoms with van der Waals surface area (Å²) < 4.78 is 21.1. The van der Waals surface area contributed by atoms with Crippen molar-refractivity contribution in [2.24, 2.45) is 5.92 Å². The summed E-state index contributed by atoms with van der Waals surface area (Å²) >= 11 is 1.50. The highest BCUT2D eigenvalue weighted by molar-refractivity contribution is 7.10. The van der Waals surface area contributed by atoms with Crippen LogP contribution in [0.25, 0.3) is 0 Å². The number of dihydropyridines is 1. The van der Waals surface area contributed by atoms with E-state index < -0.39 is 23.8 Å². The molecule has 0 fully saturated rings. The van der Waals surface area contributed by atoms with Gasteiger partial charge in [-0.25, -0.2) is 4.79 Å². The lowest BCUT2D eigenvalue weighted by Crippen LogP contribution is -2.43. The van der Waals surface area contributed by atoms with Crippen LogP contribution in [0, 0.1) is 5.92 Å². The standard InChI is InChI=1S/C25H23NO7S/c1-12-19(24(28)30-2)20(13-6-7-16-17(9-13)33-11-32-16)22-15(26-12)10-14(18-5-4-8-34-18)21(23(22)27)25(29)31-3/h4-9,14,20-21,26H,10-11H2,1-3H3. The van der Waals surface area contributed by atoms with Crippen LogP contribution in [0.1, 0.15) is 35.6 Å². The Labute approximate surface area is 200 Å². The number of thiophene rings is 1. The second-order valence-electron chi connectivity index (χ2n) is 8.28. The topological polar surface area (TPSA) is 100 Å². The third kappa shape index (κ3) is 3.47. The van der Waals surface area contributed by atoms with Crippen LogP contribution >= 0.6 is 11.3 Å². The molecule has 1 N–H and O–H groups in total. The highest BCUT2D eigenvalue weighted by Gasteiger charge is 2.49. The zero-order valence-corrected chi connectivity index (χ0v) is 19.7. The second kappa shape index (κ2) is 8.64. The number of Topliss-reactive ketones (excluding diaryl/α,β-unsaturated/α-hetero) is 1. The van der Waals surface area contributed by atoms with Crippen molar-refractivity contribution >= 4 is 29.1 Å². The van der Waals surface area contributed by atoms with Gasteiger partial charge in [0.1, 0.15) is 5.92 Å². The van der Waals surface area contributed by atoms with Crippen molar-refractivity contribution in [1.29, 1.82) is 0 Å². The minimum absolute atomic E-state index is 0.101. The largest absolute Gasteiger partial charge is 0.468 e. The Morgan fingerprint density at radius 1 is 1.12 bits per heavy atom. The van der Waals surface area contributed by atoms with Crippen LogP contribution in [0.15, 0.2) is 58.3 Å². The molecule has 1 aromatic carbocycles. The summed E-state index contributed by atoms with van der Waals surface area (Å²) in [7, 11) is 2.58. The molecule has 1 aliphatic carbocycles. The fourth-order valence-electron chi connectivity index (χ4n) is 5.01. The molecule has 9 heteroatoms. The van der Waals surface area contributed by atoms with Gasteiger partial charge in [0.05, 0.1) is 19.8 Å². The molecular weight excluding hydrogens is 458 g/mol. The molecule has 0 spiro atoms. The van der Waals surface area contributed by atoms with Crippen molar-refractivity contribution in [3.63, 3.8) is 0 Å². The Kier molecular flexibility index (Phi) is 5.65. The summed E-state index contributed by atoms with van der Waals surface area (Å²) in [6, 6.07) is 9.14. The highest BCUT2D eigenvalue weighted by atomic mass is 32.1.